The molecule has 0 saturated carbocycles. The van der Waals surface area contributed by atoms with Gasteiger partial charge in [-0.05, 0) is 44.6 Å². The number of rotatable bonds is 3. The Balaban J connectivity index is 1.56. The van der Waals surface area contributed by atoms with Crippen LogP contribution in [0.25, 0.3) is 0 Å². The van der Waals surface area contributed by atoms with Crippen molar-refractivity contribution in [1.82, 2.24) is 14.7 Å². The van der Waals surface area contributed by atoms with Gasteiger partial charge in [0.25, 0.3) is 0 Å². The van der Waals surface area contributed by atoms with E-state index in [1.54, 1.807) is 12.1 Å². The largest absolute Gasteiger partial charge is 0.385 e. The Morgan fingerprint density at radius 1 is 1.16 bits per heavy atom. The van der Waals surface area contributed by atoms with E-state index in [4.69, 9.17) is 0 Å². The normalized spacial score (nSPS) is 25.1. The second kappa shape index (κ2) is 7.40. The fourth-order valence-corrected chi connectivity index (χ4v) is 3.83. The molecule has 1 atom stereocenters. The summed E-state index contributed by atoms with van der Waals surface area (Å²) in [6, 6.07) is 6.28. The lowest BCUT2D eigenvalue weighted by Crippen LogP contribution is -2.53. The summed E-state index contributed by atoms with van der Waals surface area (Å²) in [6.07, 6.45) is 1.51. The molecule has 1 aromatic carbocycles. The summed E-state index contributed by atoms with van der Waals surface area (Å²) in [7, 11) is 4.17. The first-order chi connectivity index (χ1) is 11.9. The molecule has 0 radical (unpaired) electrons. The van der Waals surface area contributed by atoms with Gasteiger partial charge in [0.1, 0.15) is 5.82 Å². The van der Waals surface area contributed by atoms with Crippen molar-refractivity contribution in [2.24, 2.45) is 0 Å². The summed E-state index contributed by atoms with van der Waals surface area (Å²) in [5, 5.41) is 10.9. The average molecular weight is 349 g/mol. The van der Waals surface area contributed by atoms with Crippen molar-refractivity contribution in [3.8, 4) is 0 Å². The summed E-state index contributed by atoms with van der Waals surface area (Å²) in [6.45, 7) is 4.02. The highest BCUT2D eigenvalue weighted by Gasteiger charge is 2.36. The van der Waals surface area contributed by atoms with Gasteiger partial charge in [-0.25, -0.2) is 4.39 Å². The molecule has 1 aromatic rings. The van der Waals surface area contributed by atoms with Crippen molar-refractivity contribution in [3.63, 3.8) is 0 Å². The van der Waals surface area contributed by atoms with E-state index in [0.29, 0.717) is 32.4 Å². The number of hydrogen-bond donors (Lipinski definition) is 1. The lowest BCUT2D eigenvalue weighted by molar-refractivity contribution is -0.137. The molecule has 1 unspecified atom stereocenters. The number of hydrogen-bond acceptors (Lipinski definition) is 4. The third-order valence-corrected chi connectivity index (χ3v) is 5.72. The highest BCUT2D eigenvalue weighted by Crippen LogP contribution is 2.33. The number of aliphatic hydroxyl groups is 1. The lowest BCUT2D eigenvalue weighted by Gasteiger charge is -2.41. The predicted octanol–water partition coefficient (Wildman–Crippen LogP) is 1.27. The zero-order valence-corrected chi connectivity index (χ0v) is 15.1. The van der Waals surface area contributed by atoms with Gasteiger partial charge in [-0.15, -0.1) is 0 Å². The molecule has 0 aliphatic carbocycles. The van der Waals surface area contributed by atoms with Gasteiger partial charge in [-0.2, -0.15) is 0 Å². The Morgan fingerprint density at radius 3 is 2.44 bits per heavy atom. The Bertz CT molecular complexity index is 599. The Hall–Kier alpha value is -1.50. The summed E-state index contributed by atoms with van der Waals surface area (Å²) < 4.78 is 13.1. The molecule has 2 heterocycles. The second-order valence-electron chi connectivity index (χ2n) is 7.52. The Morgan fingerprint density at radius 2 is 1.80 bits per heavy atom. The van der Waals surface area contributed by atoms with Crippen LogP contribution in [0.5, 0.6) is 0 Å². The molecule has 2 aliphatic rings. The summed E-state index contributed by atoms with van der Waals surface area (Å²) in [4.78, 5) is 19.0. The van der Waals surface area contributed by atoms with Crippen LogP contribution in [0.4, 0.5) is 4.39 Å². The van der Waals surface area contributed by atoms with Crippen LogP contribution in [-0.2, 0) is 10.4 Å². The third kappa shape index (κ3) is 4.19. The maximum absolute atomic E-state index is 13.1. The van der Waals surface area contributed by atoms with Crippen LogP contribution in [0.3, 0.4) is 0 Å². The zero-order valence-electron chi connectivity index (χ0n) is 15.1. The summed E-state index contributed by atoms with van der Waals surface area (Å²) >= 11 is 0. The summed E-state index contributed by atoms with van der Waals surface area (Å²) in [5.41, 5.74) is -0.235. The van der Waals surface area contributed by atoms with Crippen molar-refractivity contribution in [1.29, 1.82) is 0 Å². The number of amides is 1. The lowest BCUT2D eigenvalue weighted by atomic mass is 9.84. The molecule has 0 bridgehead atoms. The first kappa shape index (κ1) is 18.3. The van der Waals surface area contributed by atoms with E-state index in [-0.39, 0.29) is 17.8 Å². The molecule has 5 nitrogen and oxygen atoms in total. The van der Waals surface area contributed by atoms with Crippen LogP contribution in [0.15, 0.2) is 24.3 Å². The van der Waals surface area contributed by atoms with Crippen LogP contribution in [0.2, 0.25) is 0 Å². The molecule has 2 aliphatic heterocycles. The molecule has 138 valence electrons. The van der Waals surface area contributed by atoms with Gasteiger partial charge in [0.15, 0.2) is 0 Å². The SMILES string of the molecule is CN1CCN(C)C(CC(=O)N2CCC(O)(c3ccc(F)cc3)CC2)C1. The first-order valence-corrected chi connectivity index (χ1v) is 9.02. The molecule has 25 heavy (non-hydrogen) atoms. The Labute approximate surface area is 149 Å². The van der Waals surface area contributed by atoms with Crippen molar-refractivity contribution >= 4 is 5.91 Å². The number of nitrogens with zero attached hydrogens (tertiary/aromatic N) is 3. The number of likely N-dealkylation sites (tertiary alicyclic amines) is 1. The number of likely N-dealkylation sites (N-methyl/N-ethyl adjacent to an activating group) is 2. The van der Waals surface area contributed by atoms with Gasteiger partial charge in [-0.1, -0.05) is 12.1 Å². The van der Waals surface area contributed by atoms with Crippen LogP contribution in [0, 0.1) is 5.82 Å². The number of carbonyl (C=O) groups is 1. The maximum atomic E-state index is 13.1. The van der Waals surface area contributed by atoms with E-state index in [1.807, 2.05) is 4.90 Å². The van der Waals surface area contributed by atoms with Crippen molar-refractivity contribution in [2.75, 3.05) is 46.8 Å². The predicted molar refractivity (Wildman–Crippen MR) is 94.6 cm³/mol. The zero-order chi connectivity index (χ0) is 18.0. The highest BCUT2D eigenvalue weighted by molar-refractivity contribution is 5.77. The molecule has 0 spiro atoms. The molecule has 3 rings (SSSR count). The number of piperazine rings is 1. The molecular weight excluding hydrogens is 321 g/mol. The maximum Gasteiger partial charge on any atom is 0.224 e. The van der Waals surface area contributed by atoms with Gasteiger partial charge >= 0.3 is 0 Å². The molecule has 6 heteroatoms. The Kier molecular flexibility index (Phi) is 5.41. The first-order valence-electron chi connectivity index (χ1n) is 9.02. The van der Waals surface area contributed by atoms with Gasteiger partial charge in [0, 0.05) is 45.2 Å². The van der Waals surface area contributed by atoms with Crippen molar-refractivity contribution < 1.29 is 14.3 Å². The van der Waals surface area contributed by atoms with Gasteiger partial charge in [0.2, 0.25) is 5.91 Å². The molecule has 1 N–H and O–H groups in total. The number of benzene rings is 1. The molecule has 2 saturated heterocycles. The second-order valence-corrected chi connectivity index (χ2v) is 7.52. The van der Waals surface area contributed by atoms with E-state index >= 15 is 0 Å². The third-order valence-electron chi connectivity index (χ3n) is 5.72. The van der Waals surface area contributed by atoms with Gasteiger partial charge in [0.05, 0.1) is 5.60 Å². The molecule has 2 fully saturated rings. The van der Waals surface area contributed by atoms with Crippen molar-refractivity contribution in [3.05, 3.63) is 35.6 Å². The van der Waals surface area contributed by atoms with Crippen molar-refractivity contribution in [2.45, 2.75) is 30.9 Å². The van der Waals surface area contributed by atoms with E-state index in [9.17, 15) is 14.3 Å². The van der Waals surface area contributed by atoms with Gasteiger partial charge in [-0.3, -0.25) is 4.79 Å². The minimum absolute atomic E-state index is 0.160. The highest BCUT2D eigenvalue weighted by atomic mass is 19.1. The molecule has 0 aromatic heterocycles. The number of piperidine rings is 1. The molecule has 1 amide bonds. The fraction of sp³-hybridized carbons (Fsp3) is 0.632. The van der Waals surface area contributed by atoms with E-state index in [2.05, 4.69) is 23.9 Å². The summed E-state index contributed by atoms with van der Waals surface area (Å²) in [5.74, 6) is -0.144. The monoisotopic (exact) mass is 349 g/mol. The van der Waals surface area contributed by atoms with E-state index in [0.717, 1.165) is 25.2 Å². The van der Waals surface area contributed by atoms with Crippen LogP contribution < -0.4 is 0 Å². The quantitative estimate of drug-likeness (QED) is 0.893. The minimum atomic E-state index is -0.966. The van der Waals surface area contributed by atoms with E-state index < -0.39 is 5.60 Å². The number of halogens is 1. The van der Waals surface area contributed by atoms with E-state index in [1.165, 1.54) is 12.1 Å². The smallest absolute Gasteiger partial charge is 0.224 e. The van der Waals surface area contributed by atoms with Gasteiger partial charge < -0.3 is 19.8 Å². The number of carbonyl (C=O) groups excluding carboxylic acids is 1. The minimum Gasteiger partial charge on any atom is -0.385 e. The van der Waals surface area contributed by atoms with Crippen LogP contribution >= 0.6 is 0 Å². The van der Waals surface area contributed by atoms with Crippen LogP contribution in [-0.4, -0.2) is 78.6 Å². The topological polar surface area (TPSA) is 47.0 Å². The standard InChI is InChI=1S/C19H28FN3O2/c1-21-11-12-22(2)17(14-21)13-18(24)23-9-7-19(25,8-10-23)15-3-5-16(20)6-4-15/h3-6,17,25H,7-14H2,1-2H3. The fourth-order valence-electron chi connectivity index (χ4n) is 3.83. The molecular formula is C19H28FN3O2. The average Bonchev–Trinajstić information content (AvgIpc) is 2.59. The van der Waals surface area contributed by atoms with Crippen LogP contribution in [0.1, 0.15) is 24.8 Å².